The molecule has 6 heteroatoms. The zero-order valence-corrected chi connectivity index (χ0v) is 10.3. The SMILES string of the molecule is CC(C)(C)OC(=O)N1CC2CNCC1C2(F)F. The van der Waals surface area contributed by atoms with Crippen molar-refractivity contribution in [2.24, 2.45) is 5.92 Å². The molecule has 0 aromatic heterocycles. The Labute approximate surface area is 99.3 Å². The molecule has 4 nitrogen and oxygen atoms in total. The molecule has 2 fully saturated rings. The fourth-order valence-corrected chi connectivity index (χ4v) is 2.33. The second-order valence-corrected chi connectivity index (χ2v) is 5.68. The summed E-state index contributed by atoms with van der Waals surface area (Å²) in [6, 6.07) is -1.07. The van der Waals surface area contributed by atoms with E-state index in [0.717, 1.165) is 4.90 Å². The third-order valence-electron chi connectivity index (χ3n) is 3.14. The number of hydrogen-bond acceptors (Lipinski definition) is 3. The maximum absolute atomic E-state index is 13.8. The normalized spacial score (nSPS) is 31.5. The molecule has 0 aliphatic carbocycles. The molecule has 2 aliphatic heterocycles. The molecule has 2 aliphatic rings. The molecule has 0 aromatic rings. The van der Waals surface area contributed by atoms with E-state index in [1.54, 1.807) is 20.8 Å². The van der Waals surface area contributed by atoms with Crippen molar-refractivity contribution in [2.75, 3.05) is 19.6 Å². The highest BCUT2D eigenvalue weighted by atomic mass is 19.3. The Morgan fingerprint density at radius 1 is 1.41 bits per heavy atom. The van der Waals surface area contributed by atoms with Crippen molar-refractivity contribution < 1.29 is 18.3 Å². The van der Waals surface area contributed by atoms with Gasteiger partial charge in [-0.2, -0.15) is 0 Å². The summed E-state index contributed by atoms with van der Waals surface area (Å²) in [6.07, 6.45) is -0.645. The number of amides is 1. The van der Waals surface area contributed by atoms with E-state index < -0.39 is 29.6 Å². The number of nitrogens with one attached hydrogen (secondary N) is 1. The van der Waals surface area contributed by atoms with Crippen LogP contribution in [0.25, 0.3) is 0 Å². The molecule has 0 radical (unpaired) electrons. The van der Waals surface area contributed by atoms with Gasteiger partial charge in [0.25, 0.3) is 5.92 Å². The van der Waals surface area contributed by atoms with E-state index in [1.807, 2.05) is 0 Å². The van der Waals surface area contributed by atoms with Gasteiger partial charge in [-0.3, -0.25) is 4.90 Å². The van der Waals surface area contributed by atoms with Crippen molar-refractivity contribution in [1.82, 2.24) is 10.2 Å². The number of carbonyl (C=O) groups excluding carboxylic acids is 1. The van der Waals surface area contributed by atoms with Crippen LogP contribution in [-0.4, -0.2) is 48.2 Å². The third kappa shape index (κ3) is 2.22. The van der Waals surface area contributed by atoms with Crippen molar-refractivity contribution >= 4 is 6.09 Å². The highest BCUT2D eigenvalue weighted by Gasteiger charge is 2.60. The first-order valence-electron chi connectivity index (χ1n) is 5.80. The van der Waals surface area contributed by atoms with Gasteiger partial charge in [-0.15, -0.1) is 0 Å². The van der Waals surface area contributed by atoms with Gasteiger partial charge in [-0.05, 0) is 20.8 Å². The number of likely N-dealkylation sites (tertiary alicyclic amines) is 1. The zero-order valence-electron chi connectivity index (χ0n) is 10.3. The molecular formula is C11H18F2N2O2. The van der Waals surface area contributed by atoms with Gasteiger partial charge < -0.3 is 10.1 Å². The Hall–Kier alpha value is -0.910. The average molecular weight is 248 g/mol. The minimum absolute atomic E-state index is 0.0690. The number of carbonyl (C=O) groups is 1. The van der Waals surface area contributed by atoms with Crippen LogP contribution in [0.4, 0.5) is 13.6 Å². The summed E-state index contributed by atoms with van der Waals surface area (Å²) in [7, 11) is 0. The lowest BCUT2D eigenvalue weighted by Gasteiger charge is -2.32. The first-order valence-corrected chi connectivity index (χ1v) is 5.80. The lowest BCUT2D eigenvalue weighted by molar-refractivity contribution is -0.0776. The molecule has 0 aromatic carbocycles. The standard InChI is InChI=1S/C11H18F2N2O2/c1-10(2,3)17-9(16)15-6-7-4-14-5-8(15)11(7,12)13/h7-8,14H,4-6H2,1-3H3. The van der Waals surface area contributed by atoms with E-state index in [1.165, 1.54) is 0 Å². The van der Waals surface area contributed by atoms with Gasteiger partial charge in [0, 0.05) is 19.6 Å². The van der Waals surface area contributed by atoms with Crippen LogP contribution in [-0.2, 0) is 4.74 Å². The number of ether oxygens (including phenoxy) is 1. The van der Waals surface area contributed by atoms with Crippen LogP contribution >= 0.6 is 0 Å². The van der Waals surface area contributed by atoms with Gasteiger partial charge in [0.1, 0.15) is 11.6 Å². The lowest BCUT2D eigenvalue weighted by atomic mass is 9.97. The Morgan fingerprint density at radius 2 is 2.06 bits per heavy atom. The summed E-state index contributed by atoms with van der Waals surface area (Å²) in [5, 5.41) is 2.92. The van der Waals surface area contributed by atoms with Crippen LogP contribution in [0.2, 0.25) is 0 Å². The van der Waals surface area contributed by atoms with Gasteiger partial charge in [0.2, 0.25) is 0 Å². The van der Waals surface area contributed by atoms with Crippen molar-refractivity contribution in [3.63, 3.8) is 0 Å². The molecule has 2 rings (SSSR count). The molecule has 2 heterocycles. The maximum atomic E-state index is 13.8. The Bertz CT molecular complexity index is 328. The molecule has 17 heavy (non-hydrogen) atoms. The molecule has 0 spiro atoms. The van der Waals surface area contributed by atoms with E-state index in [4.69, 9.17) is 4.74 Å². The largest absolute Gasteiger partial charge is 0.444 e. The van der Waals surface area contributed by atoms with Crippen LogP contribution in [0.15, 0.2) is 0 Å². The van der Waals surface area contributed by atoms with E-state index >= 15 is 0 Å². The fraction of sp³-hybridized carbons (Fsp3) is 0.909. The van der Waals surface area contributed by atoms with Gasteiger partial charge in [0.05, 0.1) is 5.92 Å². The second-order valence-electron chi connectivity index (χ2n) is 5.68. The first-order chi connectivity index (χ1) is 7.72. The molecule has 1 amide bonds. The minimum atomic E-state index is -2.80. The maximum Gasteiger partial charge on any atom is 0.410 e. The predicted octanol–water partition coefficient (Wildman–Crippen LogP) is 1.46. The van der Waals surface area contributed by atoms with Crippen LogP contribution in [0.1, 0.15) is 20.8 Å². The van der Waals surface area contributed by atoms with Gasteiger partial charge >= 0.3 is 6.09 Å². The van der Waals surface area contributed by atoms with E-state index in [-0.39, 0.29) is 19.6 Å². The van der Waals surface area contributed by atoms with Gasteiger partial charge in [-0.25, -0.2) is 13.6 Å². The molecule has 1 N–H and O–H groups in total. The second kappa shape index (κ2) is 3.80. The summed E-state index contributed by atoms with van der Waals surface area (Å²) in [5.74, 6) is -3.60. The number of alkyl halides is 2. The molecule has 2 unspecified atom stereocenters. The van der Waals surface area contributed by atoms with Gasteiger partial charge in [0.15, 0.2) is 0 Å². The van der Waals surface area contributed by atoms with E-state index in [0.29, 0.717) is 0 Å². The Balaban J connectivity index is 2.11. The number of hydrogen-bond donors (Lipinski definition) is 1. The molecule has 0 saturated carbocycles. The summed E-state index contributed by atoms with van der Waals surface area (Å²) < 4.78 is 32.8. The predicted molar refractivity (Wildman–Crippen MR) is 58.0 cm³/mol. The van der Waals surface area contributed by atoms with Crippen LogP contribution in [0, 0.1) is 5.92 Å². The molecule has 2 bridgehead atoms. The fourth-order valence-electron chi connectivity index (χ4n) is 2.33. The highest BCUT2D eigenvalue weighted by molar-refractivity contribution is 5.69. The monoisotopic (exact) mass is 248 g/mol. The number of rotatable bonds is 0. The topological polar surface area (TPSA) is 41.6 Å². The van der Waals surface area contributed by atoms with Crippen LogP contribution in [0.3, 0.4) is 0 Å². The highest BCUT2D eigenvalue weighted by Crippen LogP contribution is 2.41. The quantitative estimate of drug-likeness (QED) is 0.705. The number of fused-ring (bicyclic) bond motifs is 2. The summed E-state index contributed by atoms with van der Waals surface area (Å²) in [5.41, 5.74) is -0.656. The minimum Gasteiger partial charge on any atom is -0.444 e. The zero-order chi connectivity index (χ0) is 12.8. The third-order valence-corrected chi connectivity index (χ3v) is 3.14. The smallest absolute Gasteiger partial charge is 0.410 e. The molecule has 98 valence electrons. The van der Waals surface area contributed by atoms with Crippen molar-refractivity contribution in [3.8, 4) is 0 Å². The number of piperidine rings is 1. The summed E-state index contributed by atoms with van der Waals surface area (Å²) in [4.78, 5) is 13.0. The molecule has 2 atom stereocenters. The van der Waals surface area contributed by atoms with E-state index in [2.05, 4.69) is 5.32 Å². The van der Waals surface area contributed by atoms with Crippen molar-refractivity contribution in [3.05, 3.63) is 0 Å². The average Bonchev–Trinajstić information content (AvgIpc) is 2.35. The van der Waals surface area contributed by atoms with Crippen molar-refractivity contribution in [2.45, 2.75) is 38.3 Å². The number of halogens is 2. The lowest BCUT2D eigenvalue weighted by Crippen LogP contribution is -2.54. The van der Waals surface area contributed by atoms with Crippen LogP contribution < -0.4 is 5.32 Å². The summed E-state index contributed by atoms with van der Waals surface area (Å²) in [6.45, 7) is 5.63. The molecule has 2 saturated heterocycles. The molecular weight excluding hydrogens is 230 g/mol. The van der Waals surface area contributed by atoms with E-state index in [9.17, 15) is 13.6 Å². The van der Waals surface area contributed by atoms with Gasteiger partial charge in [-0.1, -0.05) is 0 Å². The summed E-state index contributed by atoms with van der Waals surface area (Å²) >= 11 is 0. The Kier molecular flexibility index (Phi) is 2.80. The first kappa shape index (κ1) is 12.5. The van der Waals surface area contributed by atoms with Crippen LogP contribution in [0.5, 0.6) is 0 Å². The Morgan fingerprint density at radius 3 is 2.59 bits per heavy atom. The number of nitrogens with zero attached hydrogens (tertiary/aromatic N) is 1. The van der Waals surface area contributed by atoms with Crippen molar-refractivity contribution in [1.29, 1.82) is 0 Å².